The Morgan fingerprint density at radius 1 is 0.867 bits per heavy atom. The van der Waals surface area contributed by atoms with Crippen molar-refractivity contribution in [3.63, 3.8) is 0 Å². The number of nitrogens with zero attached hydrogens (tertiary/aromatic N) is 2. The molecule has 3 aromatic carbocycles. The number of methoxy groups -OCH3 is 2. The van der Waals surface area contributed by atoms with Crippen molar-refractivity contribution in [1.82, 2.24) is 0 Å². The third kappa shape index (κ3) is 4.08. The van der Waals surface area contributed by atoms with Crippen LogP contribution in [0.15, 0.2) is 65.8 Å². The molecule has 0 aromatic heterocycles. The van der Waals surface area contributed by atoms with Crippen molar-refractivity contribution in [2.75, 3.05) is 19.2 Å². The van der Waals surface area contributed by atoms with Crippen LogP contribution in [0.25, 0.3) is 0 Å². The van der Waals surface area contributed by atoms with E-state index < -0.39 is 0 Å². The standard InChI is InChI=1S/C23H19Cl3N2O2/c1-29-17-8-9-18(23(12-17)30-2)21-13-20(14-3-5-15(24)6-4-14)27-28(21)22-11-16(25)7-10-19(22)26/h3-12,21H,13H2,1-2H3/t21-/m0/s1. The number of hydrazone groups is 1. The summed E-state index contributed by atoms with van der Waals surface area (Å²) in [5.74, 6) is 1.44. The molecule has 0 aliphatic carbocycles. The third-order valence-corrected chi connectivity index (χ3v) is 5.85. The van der Waals surface area contributed by atoms with Crippen LogP contribution in [0, 0.1) is 0 Å². The van der Waals surface area contributed by atoms with E-state index in [0.717, 1.165) is 34.0 Å². The molecular formula is C23H19Cl3N2O2. The van der Waals surface area contributed by atoms with Crippen molar-refractivity contribution in [3.8, 4) is 11.5 Å². The highest BCUT2D eigenvalue weighted by atomic mass is 35.5. The maximum absolute atomic E-state index is 6.53. The molecule has 0 saturated carbocycles. The van der Waals surface area contributed by atoms with Gasteiger partial charge in [-0.1, -0.05) is 46.9 Å². The average Bonchev–Trinajstić information content (AvgIpc) is 3.20. The Balaban J connectivity index is 1.82. The number of hydrogen-bond donors (Lipinski definition) is 0. The monoisotopic (exact) mass is 460 g/mol. The quantitative estimate of drug-likeness (QED) is 0.409. The van der Waals surface area contributed by atoms with Crippen LogP contribution in [0.4, 0.5) is 5.69 Å². The van der Waals surface area contributed by atoms with Crippen molar-refractivity contribution in [2.24, 2.45) is 5.10 Å². The molecule has 30 heavy (non-hydrogen) atoms. The van der Waals surface area contributed by atoms with Crippen LogP contribution < -0.4 is 14.5 Å². The van der Waals surface area contributed by atoms with Crippen LogP contribution in [-0.4, -0.2) is 19.9 Å². The van der Waals surface area contributed by atoms with Gasteiger partial charge in [0.15, 0.2) is 0 Å². The van der Waals surface area contributed by atoms with Crippen molar-refractivity contribution in [2.45, 2.75) is 12.5 Å². The molecule has 154 valence electrons. The van der Waals surface area contributed by atoms with Gasteiger partial charge in [-0.25, -0.2) is 0 Å². The molecule has 0 bridgehead atoms. The number of halogens is 3. The van der Waals surface area contributed by atoms with Crippen LogP contribution in [0.5, 0.6) is 11.5 Å². The Bertz CT molecular complexity index is 1100. The summed E-state index contributed by atoms with van der Waals surface area (Å²) in [5, 5.41) is 8.65. The SMILES string of the molecule is COc1ccc([C@@H]2CC(c3ccc(Cl)cc3)=NN2c2cc(Cl)ccc2Cl)c(OC)c1. The number of hydrogen-bond acceptors (Lipinski definition) is 4. The number of rotatable bonds is 5. The highest BCUT2D eigenvalue weighted by Gasteiger charge is 2.33. The van der Waals surface area contributed by atoms with Gasteiger partial charge >= 0.3 is 0 Å². The second kappa shape index (κ2) is 8.76. The lowest BCUT2D eigenvalue weighted by atomic mass is 9.97. The van der Waals surface area contributed by atoms with Gasteiger partial charge in [-0.3, -0.25) is 5.01 Å². The molecule has 4 rings (SSSR count). The maximum Gasteiger partial charge on any atom is 0.127 e. The van der Waals surface area contributed by atoms with E-state index in [2.05, 4.69) is 0 Å². The molecule has 0 spiro atoms. The Morgan fingerprint density at radius 2 is 1.60 bits per heavy atom. The lowest BCUT2D eigenvalue weighted by Gasteiger charge is -2.26. The Labute approximate surface area is 190 Å². The van der Waals surface area contributed by atoms with Crippen molar-refractivity contribution in [1.29, 1.82) is 0 Å². The summed E-state index contributed by atoms with van der Waals surface area (Å²) >= 11 is 18.9. The van der Waals surface area contributed by atoms with E-state index in [9.17, 15) is 0 Å². The summed E-state index contributed by atoms with van der Waals surface area (Å²) in [5.41, 5.74) is 3.63. The molecule has 0 amide bonds. The molecule has 0 radical (unpaired) electrons. The molecule has 1 heterocycles. The molecule has 0 saturated heterocycles. The normalized spacial score (nSPS) is 15.8. The Hall–Kier alpha value is -2.40. The summed E-state index contributed by atoms with van der Waals surface area (Å²) in [6, 6.07) is 18.6. The smallest absolute Gasteiger partial charge is 0.127 e. The average molecular weight is 462 g/mol. The number of anilines is 1. The van der Waals surface area contributed by atoms with Gasteiger partial charge in [-0.05, 0) is 48.0 Å². The lowest BCUT2D eigenvalue weighted by Crippen LogP contribution is -2.19. The molecule has 1 atom stereocenters. The van der Waals surface area contributed by atoms with Gasteiger partial charge < -0.3 is 9.47 Å². The summed E-state index contributed by atoms with van der Waals surface area (Å²) in [6.45, 7) is 0. The summed E-state index contributed by atoms with van der Waals surface area (Å²) in [6.07, 6.45) is 0.660. The minimum absolute atomic E-state index is 0.132. The van der Waals surface area contributed by atoms with Crippen molar-refractivity contribution < 1.29 is 9.47 Å². The summed E-state index contributed by atoms with van der Waals surface area (Å²) < 4.78 is 11.0. The summed E-state index contributed by atoms with van der Waals surface area (Å²) in [7, 11) is 3.27. The van der Waals surface area contributed by atoms with E-state index in [0.29, 0.717) is 21.5 Å². The van der Waals surface area contributed by atoms with Gasteiger partial charge in [0.1, 0.15) is 11.5 Å². The van der Waals surface area contributed by atoms with Gasteiger partial charge in [0.25, 0.3) is 0 Å². The fourth-order valence-corrected chi connectivity index (χ4v) is 4.04. The van der Waals surface area contributed by atoms with Crippen LogP contribution in [-0.2, 0) is 0 Å². The third-order valence-electron chi connectivity index (χ3n) is 5.04. The van der Waals surface area contributed by atoms with Gasteiger partial charge in [-0.2, -0.15) is 5.10 Å². The minimum atomic E-state index is -0.132. The second-order valence-electron chi connectivity index (χ2n) is 6.82. The van der Waals surface area contributed by atoms with Gasteiger partial charge in [0.05, 0.1) is 36.7 Å². The first-order chi connectivity index (χ1) is 14.5. The molecule has 1 aliphatic rings. The van der Waals surface area contributed by atoms with Crippen LogP contribution in [0.1, 0.15) is 23.6 Å². The predicted molar refractivity (Wildman–Crippen MR) is 124 cm³/mol. The molecule has 3 aromatic rings. The number of ether oxygens (including phenoxy) is 2. The zero-order valence-electron chi connectivity index (χ0n) is 16.4. The van der Waals surface area contributed by atoms with Crippen molar-refractivity contribution >= 4 is 46.2 Å². The first-order valence-electron chi connectivity index (χ1n) is 9.30. The molecule has 4 nitrogen and oxygen atoms in total. The lowest BCUT2D eigenvalue weighted by molar-refractivity contribution is 0.388. The fraction of sp³-hybridized carbons (Fsp3) is 0.174. The Kier molecular flexibility index (Phi) is 6.09. The topological polar surface area (TPSA) is 34.1 Å². The highest BCUT2D eigenvalue weighted by Crippen LogP contribution is 2.44. The molecule has 0 N–H and O–H groups in total. The molecule has 0 fully saturated rings. The molecule has 1 aliphatic heterocycles. The highest BCUT2D eigenvalue weighted by molar-refractivity contribution is 6.35. The van der Waals surface area contributed by atoms with E-state index in [4.69, 9.17) is 49.4 Å². The van der Waals surface area contributed by atoms with Crippen LogP contribution in [0.3, 0.4) is 0 Å². The zero-order valence-corrected chi connectivity index (χ0v) is 18.7. The van der Waals surface area contributed by atoms with E-state index in [-0.39, 0.29) is 6.04 Å². The van der Waals surface area contributed by atoms with E-state index in [1.807, 2.05) is 53.5 Å². The Morgan fingerprint density at radius 3 is 2.30 bits per heavy atom. The molecule has 7 heteroatoms. The van der Waals surface area contributed by atoms with Gasteiger partial charge in [0, 0.05) is 28.1 Å². The van der Waals surface area contributed by atoms with Crippen LogP contribution in [0.2, 0.25) is 15.1 Å². The van der Waals surface area contributed by atoms with E-state index in [1.165, 1.54) is 0 Å². The van der Waals surface area contributed by atoms with Gasteiger partial charge in [-0.15, -0.1) is 0 Å². The zero-order chi connectivity index (χ0) is 21.3. The van der Waals surface area contributed by atoms with E-state index in [1.54, 1.807) is 26.4 Å². The minimum Gasteiger partial charge on any atom is -0.497 e. The molecule has 0 unspecified atom stereocenters. The number of benzene rings is 3. The first-order valence-corrected chi connectivity index (χ1v) is 10.4. The van der Waals surface area contributed by atoms with Gasteiger partial charge in [0.2, 0.25) is 0 Å². The summed E-state index contributed by atoms with van der Waals surface area (Å²) in [4.78, 5) is 0. The second-order valence-corrected chi connectivity index (χ2v) is 8.10. The van der Waals surface area contributed by atoms with Crippen molar-refractivity contribution in [3.05, 3.63) is 86.9 Å². The fourth-order valence-electron chi connectivity index (χ4n) is 3.55. The largest absolute Gasteiger partial charge is 0.497 e. The van der Waals surface area contributed by atoms with E-state index >= 15 is 0 Å². The maximum atomic E-state index is 6.53. The predicted octanol–water partition coefficient (Wildman–Crippen LogP) is 7.02. The molecular weight excluding hydrogens is 443 g/mol. The van der Waals surface area contributed by atoms with Crippen LogP contribution >= 0.6 is 34.8 Å². The first kappa shape index (κ1) is 20.9.